The fourth-order valence-corrected chi connectivity index (χ4v) is 2.72. The second-order valence-corrected chi connectivity index (χ2v) is 5.97. The molecule has 116 valence electrons. The zero-order valence-electron chi connectivity index (χ0n) is 13.2. The van der Waals surface area contributed by atoms with Crippen molar-refractivity contribution in [3.05, 3.63) is 18.2 Å². The molecule has 0 aliphatic carbocycles. The molecule has 6 heteroatoms. The van der Waals surface area contributed by atoms with Crippen molar-refractivity contribution in [3.8, 4) is 0 Å². The average molecular weight is 292 g/mol. The lowest BCUT2D eigenvalue weighted by Crippen LogP contribution is -2.37. The van der Waals surface area contributed by atoms with E-state index >= 15 is 0 Å². The molecule has 6 nitrogen and oxygen atoms in total. The summed E-state index contributed by atoms with van der Waals surface area (Å²) in [7, 11) is 1.80. The van der Waals surface area contributed by atoms with Crippen LogP contribution in [0.25, 0.3) is 0 Å². The Kier molecular flexibility index (Phi) is 4.65. The molecule has 2 rings (SSSR count). The first-order chi connectivity index (χ1) is 9.90. The van der Waals surface area contributed by atoms with Crippen LogP contribution in [0.1, 0.15) is 26.1 Å². The topological polar surface area (TPSA) is 58.4 Å². The second kappa shape index (κ2) is 6.28. The Balaban J connectivity index is 1.88. The van der Waals surface area contributed by atoms with Crippen LogP contribution in [0.15, 0.2) is 12.4 Å². The van der Waals surface area contributed by atoms with Gasteiger partial charge in [-0.3, -0.25) is 9.59 Å². The summed E-state index contributed by atoms with van der Waals surface area (Å²) in [6, 6.07) is 0.161. The van der Waals surface area contributed by atoms with Crippen molar-refractivity contribution in [2.45, 2.75) is 39.8 Å². The number of likely N-dealkylation sites (N-methyl/N-ethyl adjacent to an activating group) is 1. The molecule has 0 N–H and O–H groups in total. The number of likely N-dealkylation sites (tertiary alicyclic amines) is 1. The summed E-state index contributed by atoms with van der Waals surface area (Å²) in [6.07, 6.45) is 4.01. The minimum absolute atomic E-state index is 0.0595. The van der Waals surface area contributed by atoms with Gasteiger partial charge in [0.15, 0.2) is 0 Å². The summed E-state index contributed by atoms with van der Waals surface area (Å²) in [4.78, 5) is 32.0. The van der Waals surface area contributed by atoms with Crippen LogP contribution in [0.5, 0.6) is 0 Å². The van der Waals surface area contributed by atoms with E-state index in [2.05, 4.69) is 4.98 Å². The molecule has 2 amide bonds. The third kappa shape index (κ3) is 3.43. The van der Waals surface area contributed by atoms with Gasteiger partial charge in [-0.15, -0.1) is 0 Å². The fraction of sp³-hybridized carbons (Fsp3) is 0.667. The van der Waals surface area contributed by atoms with Crippen molar-refractivity contribution in [1.29, 1.82) is 0 Å². The Hall–Kier alpha value is -1.85. The predicted molar refractivity (Wildman–Crippen MR) is 79.6 cm³/mol. The molecular weight excluding hydrogens is 268 g/mol. The predicted octanol–water partition coefficient (Wildman–Crippen LogP) is 0.907. The Labute approximate surface area is 125 Å². The van der Waals surface area contributed by atoms with E-state index < -0.39 is 0 Å². The lowest BCUT2D eigenvalue weighted by molar-refractivity contribution is -0.134. The normalized spacial score (nSPS) is 18.6. The highest BCUT2D eigenvalue weighted by molar-refractivity contribution is 5.89. The molecule has 1 aromatic heterocycles. The molecule has 0 unspecified atom stereocenters. The SMILES string of the molecule is Cc1nccn1CCN(C)C(=O)[C@@H]1CC(=O)N(C(C)C)C1. The molecule has 1 atom stereocenters. The average Bonchev–Trinajstić information content (AvgIpc) is 3.01. The molecule has 1 aromatic rings. The van der Waals surface area contributed by atoms with Gasteiger partial charge in [-0.05, 0) is 20.8 Å². The number of amides is 2. The van der Waals surface area contributed by atoms with Crippen molar-refractivity contribution in [1.82, 2.24) is 19.4 Å². The van der Waals surface area contributed by atoms with Gasteiger partial charge in [0, 0.05) is 51.5 Å². The summed E-state index contributed by atoms with van der Waals surface area (Å²) < 4.78 is 2.02. The van der Waals surface area contributed by atoms with Gasteiger partial charge >= 0.3 is 0 Å². The highest BCUT2D eigenvalue weighted by Gasteiger charge is 2.36. The van der Waals surface area contributed by atoms with Crippen molar-refractivity contribution in [3.63, 3.8) is 0 Å². The third-order valence-electron chi connectivity index (χ3n) is 4.11. The number of aromatic nitrogens is 2. The van der Waals surface area contributed by atoms with Gasteiger partial charge < -0.3 is 14.4 Å². The molecule has 0 saturated carbocycles. The number of aryl methyl sites for hydroxylation is 1. The third-order valence-corrected chi connectivity index (χ3v) is 4.11. The number of imidazole rings is 1. The molecule has 0 bridgehead atoms. The molecule has 0 radical (unpaired) electrons. The van der Waals surface area contributed by atoms with Gasteiger partial charge in [0.1, 0.15) is 5.82 Å². The number of hydrogen-bond donors (Lipinski definition) is 0. The molecule has 1 fully saturated rings. The molecule has 1 aliphatic heterocycles. The number of rotatable bonds is 5. The molecule has 1 saturated heterocycles. The monoisotopic (exact) mass is 292 g/mol. The van der Waals surface area contributed by atoms with Crippen molar-refractivity contribution >= 4 is 11.8 Å². The molecule has 2 heterocycles. The van der Waals surface area contributed by atoms with Crippen LogP contribution < -0.4 is 0 Å². The van der Waals surface area contributed by atoms with E-state index in [-0.39, 0.29) is 23.8 Å². The standard InChI is InChI=1S/C15H24N4O2/c1-11(2)19-10-13(9-14(19)20)15(21)17(4)7-8-18-6-5-16-12(18)3/h5-6,11,13H,7-10H2,1-4H3/t13-/m1/s1. The zero-order chi connectivity index (χ0) is 15.6. The summed E-state index contributed by atoms with van der Waals surface area (Å²) in [5.41, 5.74) is 0. The Bertz CT molecular complexity index is 523. The minimum Gasteiger partial charge on any atom is -0.344 e. The first kappa shape index (κ1) is 15.5. The van der Waals surface area contributed by atoms with Gasteiger partial charge in [-0.2, -0.15) is 0 Å². The van der Waals surface area contributed by atoms with Crippen LogP contribution in [0.3, 0.4) is 0 Å². The summed E-state index contributed by atoms with van der Waals surface area (Å²) in [5, 5.41) is 0. The first-order valence-corrected chi connectivity index (χ1v) is 7.42. The van der Waals surface area contributed by atoms with Crippen LogP contribution in [0.2, 0.25) is 0 Å². The largest absolute Gasteiger partial charge is 0.344 e. The van der Waals surface area contributed by atoms with E-state index in [4.69, 9.17) is 0 Å². The summed E-state index contributed by atoms with van der Waals surface area (Å²) >= 11 is 0. The van der Waals surface area contributed by atoms with E-state index in [0.717, 1.165) is 12.4 Å². The lowest BCUT2D eigenvalue weighted by Gasteiger charge is -2.23. The lowest BCUT2D eigenvalue weighted by atomic mass is 10.1. The van der Waals surface area contributed by atoms with E-state index in [1.807, 2.05) is 31.5 Å². The van der Waals surface area contributed by atoms with E-state index in [0.29, 0.717) is 19.5 Å². The van der Waals surface area contributed by atoms with Crippen molar-refractivity contribution in [2.24, 2.45) is 5.92 Å². The zero-order valence-corrected chi connectivity index (χ0v) is 13.2. The fourth-order valence-electron chi connectivity index (χ4n) is 2.72. The number of nitrogens with zero attached hydrogens (tertiary/aromatic N) is 4. The maximum Gasteiger partial charge on any atom is 0.227 e. The van der Waals surface area contributed by atoms with Crippen LogP contribution in [0, 0.1) is 12.8 Å². The Morgan fingerprint density at radius 3 is 2.76 bits per heavy atom. The number of hydrogen-bond acceptors (Lipinski definition) is 3. The highest BCUT2D eigenvalue weighted by Crippen LogP contribution is 2.21. The quantitative estimate of drug-likeness (QED) is 0.810. The second-order valence-electron chi connectivity index (χ2n) is 5.97. The number of carbonyl (C=O) groups excluding carboxylic acids is 2. The van der Waals surface area contributed by atoms with Gasteiger partial charge in [0.25, 0.3) is 0 Å². The molecule has 0 spiro atoms. The maximum atomic E-state index is 12.4. The maximum absolute atomic E-state index is 12.4. The van der Waals surface area contributed by atoms with Crippen LogP contribution >= 0.6 is 0 Å². The van der Waals surface area contributed by atoms with Crippen LogP contribution in [-0.4, -0.2) is 57.3 Å². The van der Waals surface area contributed by atoms with Gasteiger partial charge in [-0.1, -0.05) is 0 Å². The molecule has 0 aromatic carbocycles. The number of carbonyl (C=O) groups is 2. The molecule has 21 heavy (non-hydrogen) atoms. The minimum atomic E-state index is -0.200. The van der Waals surface area contributed by atoms with E-state index in [1.54, 1.807) is 23.0 Å². The van der Waals surface area contributed by atoms with Crippen LogP contribution in [0.4, 0.5) is 0 Å². The van der Waals surface area contributed by atoms with Gasteiger partial charge in [0.2, 0.25) is 11.8 Å². The van der Waals surface area contributed by atoms with Gasteiger partial charge in [-0.25, -0.2) is 4.98 Å². The Morgan fingerprint density at radius 1 is 1.52 bits per heavy atom. The molecule has 1 aliphatic rings. The van der Waals surface area contributed by atoms with Crippen LogP contribution in [-0.2, 0) is 16.1 Å². The highest BCUT2D eigenvalue weighted by atomic mass is 16.2. The summed E-state index contributed by atoms with van der Waals surface area (Å²) in [5.74, 6) is 0.887. The van der Waals surface area contributed by atoms with Crippen molar-refractivity contribution in [2.75, 3.05) is 20.1 Å². The molecular formula is C15H24N4O2. The van der Waals surface area contributed by atoms with E-state index in [1.165, 1.54) is 0 Å². The van der Waals surface area contributed by atoms with E-state index in [9.17, 15) is 9.59 Å². The smallest absolute Gasteiger partial charge is 0.227 e. The van der Waals surface area contributed by atoms with Gasteiger partial charge in [0.05, 0.1) is 5.92 Å². The Morgan fingerprint density at radius 2 is 2.24 bits per heavy atom. The first-order valence-electron chi connectivity index (χ1n) is 7.42. The summed E-state index contributed by atoms with van der Waals surface area (Å²) in [6.45, 7) is 7.80. The van der Waals surface area contributed by atoms with Crippen molar-refractivity contribution < 1.29 is 9.59 Å².